The molecular formula is C25H25F2N3O4. The van der Waals surface area contributed by atoms with E-state index in [1.807, 2.05) is 24.3 Å². The van der Waals surface area contributed by atoms with Crippen molar-refractivity contribution in [1.82, 2.24) is 4.98 Å². The fraction of sp³-hybridized carbons (Fsp3) is 0.320. The number of halogens is 2. The second-order valence-electron chi connectivity index (χ2n) is 8.20. The van der Waals surface area contributed by atoms with E-state index in [4.69, 9.17) is 9.15 Å². The van der Waals surface area contributed by atoms with Crippen LogP contribution < -0.4 is 10.6 Å². The van der Waals surface area contributed by atoms with Gasteiger partial charge in [-0.3, -0.25) is 9.59 Å². The number of hydrogen-bond acceptors (Lipinski definition) is 6. The minimum absolute atomic E-state index is 0.0258. The zero-order valence-electron chi connectivity index (χ0n) is 18.6. The third-order valence-corrected chi connectivity index (χ3v) is 5.76. The lowest BCUT2D eigenvalue weighted by atomic mass is 9.82. The number of amides is 1. The second-order valence-corrected chi connectivity index (χ2v) is 8.20. The van der Waals surface area contributed by atoms with E-state index in [9.17, 15) is 18.4 Å². The predicted molar refractivity (Wildman–Crippen MR) is 122 cm³/mol. The lowest BCUT2D eigenvalue weighted by Gasteiger charge is -2.29. The van der Waals surface area contributed by atoms with Crippen LogP contribution in [0.25, 0.3) is 0 Å². The number of carbonyl (C=O) groups is 2. The van der Waals surface area contributed by atoms with E-state index >= 15 is 0 Å². The number of rotatable bonds is 7. The van der Waals surface area contributed by atoms with Crippen LogP contribution in [0.1, 0.15) is 61.0 Å². The van der Waals surface area contributed by atoms with Crippen LogP contribution in [0.15, 0.2) is 53.1 Å². The molecule has 1 aliphatic rings. The minimum Gasteiger partial charge on any atom is -0.462 e. The first kappa shape index (κ1) is 23.4. The van der Waals surface area contributed by atoms with Crippen LogP contribution >= 0.6 is 0 Å². The molecule has 2 atom stereocenters. The Bertz CT molecular complexity index is 1160. The van der Waals surface area contributed by atoms with Gasteiger partial charge in [0.2, 0.25) is 0 Å². The number of esters is 1. The van der Waals surface area contributed by atoms with Gasteiger partial charge >= 0.3 is 5.97 Å². The van der Waals surface area contributed by atoms with E-state index in [2.05, 4.69) is 15.6 Å². The van der Waals surface area contributed by atoms with Crippen LogP contribution in [-0.2, 0) is 9.53 Å². The molecule has 2 unspecified atom stereocenters. The second kappa shape index (κ2) is 10.5. The number of oxazole rings is 1. The van der Waals surface area contributed by atoms with Crippen molar-refractivity contribution in [2.75, 3.05) is 10.6 Å². The molecule has 1 aromatic heterocycles. The van der Waals surface area contributed by atoms with Crippen molar-refractivity contribution in [2.24, 2.45) is 0 Å². The van der Waals surface area contributed by atoms with Gasteiger partial charge in [0.1, 0.15) is 12.4 Å². The number of hydrogen-bond donors (Lipinski definition) is 2. The third kappa shape index (κ3) is 5.78. The molecule has 2 N–H and O–H groups in total. The zero-order chi connectivity index (χ0) is 24.1. The van der Waals surface area contributed by atoms with Crippen molar-refractivity contribution in [2.45, 2.75) is 51.0 Å². The quantitative estimate of drug-likeness (QED) is 0.417. The molecule has 1 heterocycles. The first-order valence-corrected chi connectivity index (χ1v) is 11.2. The highest BCUT2D eigenvalue weighted by atomic mass is 19.2. The molecule has 1 saturated carbocycles. The number of anilines is 3. The predicted octanol–water partition coefficient (Wildman–Crippen LogP) is 5.93. The van der Waals surface area contributed by atoms with Crippen LogP contribution in [0.5, 0.6) is 0 Å². The molecule has 0 radical (unpaired) electrons. The van der Waals surface area contributed by atoms with E-state index in [1.165, 1.54) is 12.3 Å². The maximum Gasteiger partial charge on any atom is 0.305 e. The van der Waals surface area contributed by atoms with Crippen molar-refractivity contribution < 1.29 is 27.5 Å². The Balaban J connectivity index is 1.34. The molecular weight excluding hydrogens is 444 g/mol. The topological polar surface area (TPSA) is 93.5 Å². The smallest absolute Gasteiger partial charge is 0.305 e. The van der Waals surface area contributed by atoms with Gasteiger partial charge in [0.25, 0.3) is 11.9 Å². The molecule has 0 aliphatic heterocycles. The van der Waals surface area contributed by atoms with Gasteiger partial charge < -0.3 is 19.8 Å². The Morgan fingerprint density at radius 3 is 2.59 bits per heavy atom. The van der Waals surface area contributed by atoms with Crippen molar-refractivity contribution in [3.8, 4) is 0 Å². The normalized spacial score (nSPS) is 17.7. The maximum atomic E-state index is 13.3. The lowest BCUT2D eigenvalue weighted by Crippen LogP contribution is -2.24. The minimum atomic E-state index is -1.01. The number of nitrogens with one attached hydrogen (secondary N) is 2. The Morgan fingerprint density at radius 1 is 1.09 bits per heavy atom. The van der Waals surface area contributed by atoms with Gasteiger partial charge in [0.15, 0.2) is 17.3 Å². The van der Waals surface area contributed by atoms with Crippen LogP contribution in [0.2, 0.25) is 0 Å². The number of ether oxygens (including phenoxy) is 1. The fourth-order valence-electron chi connectivity index (χ4n) is 3.99. The Labute approximate surface area is 195 Å². The molecule has 2 aromatic carbocycles. The summed E-state index contributed by atoms with van der Waals surface area (Å²) in [5.74, 6) is -2.32. The average molecular weight is 469 g/mol. The van der Waals surface area contributed by atoms with Crippen LogP contribution in [-0.4, -0.2) is 23.0 Å². The Morgan fingerprint density at radius 2 is 1.85 bits per heavy atom. The maximum absolute atomic E-state index is 13.3. The molecule has 178 valence electrons. The lowest BCUT2D eigenvalue weighted by molar-refractivity contribution is -0.150. The van der Waals surface area contributed by atoms with Crippen molar-refractivity contribution in [3.05, 3.63) is 71.6 Å². The van der Waals surface area contributed by atoms with E-state index in [-0.39, 0.29) is 29.5 Å². The summed E-state index contributed by atoms with van der Waals surface area (Å²) >= 11 is 0. The van der Waals surface area contributed by atoms with Crippen LogP contribution in [0.3, 0.4) is 0 Å². The highest BCUT2D eigenvalue weighted by molar-refractivity contribution is 6.02. The molecule has 7 nitrogen and oxygen atoms in total. The van der Waals surface area contributed by atoms with Crippen LogP contribution in [0.4, 0.5) is 26.2 Å². The molecule has 9 heteroatoms. The summed E-state index contributed by atoms with van der Waals surface area (Å²) in [6, 6.07) is 10.8. The summed E-state index contributed by atoms with van der Waals surface area (Å²) in [5, 5.41) is 5.43. The number of benzene rings is 2. The summed E-state index contributed by atoms with van der Waals surface area (Å²) in [5.41, 5.74) is 1.99. The molecule has 0 spiro atoms. The molecule has 0 bridgehead atoms. The highest BCUT2D eigenvalue weighted by Gasteiger charge is 2.25. The Hall–Kier alpha value is -3.75. The molecule has 1 fully saturated rings. The fourth-order valence-corrected chi connectivity index (χ4v) is 3.99. The average Bonchev–Trinajstić information content (AvgIpc) is 3.31. The van der Waals surface area contributed by atoms with Gasteiger partial charge in [-0.25, -0.2) is 8.78 Å². The first-order valence-electron chi connectivity index (χ1n) is 11.2. The molecule has 1 amide bonds. The van der Waals surface area contributed by atoms with E-state index in [0.717, 1.165) is 43.4 Å². The van der Waals surface area contributed by atoms with Crippen LogP contribution in [0, 0.1) is 11.6 Å². The summed E-state index contributed by atoms with van der Waals surface area (Å²) in [6.45, 7) is 1.79. The summed E-state index contributed by atoms with van der Waals surface area (Å²) in [4.78, 5) is 28.2. The molecule has 0 saturated heterocycles. The van der Waals surface area contributed by atoms with Gasteiger partial charge in [0.05, 0.1) is 0 Å². The highest BCUT2D eigenvalue weighted by Crippen LogP contribution is 2.35. The van der Waals surface area contributed by atoms with Gasteiger partial charge in [-0.15, -0.1) is 0 Å². The van der Waals surface area contributed by atoms with Gasteiger partial charge in [-0.2, -0.15) is 4.98 Å². The van der Waals surface area contributed by atoms with Crippen molar-refractivity contribution >= 4 is 29.3 Å². The van der Waals surface area contributed by atoms with E-state index in [1.54, 1.807) is 6.92 Å². The summed E-state index contributed by atoms with van der Waals surface area (Å²) in [6.07, 6.45) is 5.21. The van der Waals surface area contributed by atoms with E-state index < -0.39 is 17.5 Å². The number of nitrogens with zero attached hydrogens (tertiary/aromatic N) is 1. The number of carbonyl (C=O) groups excluding carboxylic acids is 2. The molecule has 3 aromatic rings. The molecule has 4 rings (SSSR count). The van der Waals surface area contributed by atoms with Crippen molar-refractivity contribution in [3.63, 3.8) is 0 Å². The number of aromatic nitrogens is 1. The summed E-state index contributed by atoms with van der Waals surface area (Å²) < 4.78 is 37.1. The first-order chi connectivity index (χ1) is 16.4. The van der Waals surface area contributed by atoms with Gasteiger partial charge in [-0.05, 0) is 61.4 Å². The summed E-state index contributed by atoms with van der Waals surface area (Å²) in [7, 11) is 0. The van der Waals surface area contributed by atoms with Gasteiger partial charge in [0, 0.05) is 23.9 Å². The van der Waals surface area contributed by atoms with E-state index in [0.29, 0.717) is 18.0 Å². The SMILES string of the molecule is CCC(=O)OC1CCCC(c2ccc(NC(=O)c3coc(Nc4ccc(F)c(F)c4)n3)cc2)C1. The van der Waals surface area contributed by atoms with Gasteiger partial charge in [-0.1, -0.05) is 19.1 Å². The third-order valence-electron chi connectivity index (χ3n) is 5.76. The monoisotopic (exact) mass is 469 g/mol. The zero-order valence-corrected chi connectivity index (χ0v) is 18.6. The Kier molecular flexibility index (Phi) is 7.20. The van der Waals surface area contributed by atoms with Crippen molar-refractivity contribution in [1.29, 1.82) is 0 Å². The largest absolute Gasteiger partial charge is 0.462 e. The standard InChI is InChI=1S/C25H25F2N3O4/c1-2-23(31)34-19-5-3-4-16(12-19)15-6-8-17(9-7-15)28-24(32)22-14-33-25(30-22)29-18-10-11-20(26)21(27)13-18/h6-11,13-14,16,19H,2-5,12H2,1H3,(H,28,32)(H,29,30). The molecule has 1 aliphatic carbocycles. The molecule has 34 heavy (non-hydrogen) atoms.